The van der Waals surface area contributed by atoms with E-state index in [4.69, 9.17) is 11.6 Å². The van der Waals surface area contributed by atoms with Crippen LogP contribution in [0.3, 0.4) is 0 Å². The van der Waals surface area contributed by atoms with Crippen LogP contribution in [0.1, 0.15) is 6.92 Å². The van der Waals surface area contributed by atoms with Gasteiger partial charge in [0.25, 0.3) is 0 Å². The molecular formula is C15H9ClF5NOS. The number of amides is 1. The SMILES string of the molecule is C[C@@H](Sc1c(F)c(F)c(F)c(F)c1F)C(=O)Nc1ccc(Cl)cc1. The predicted octanol–water partition coefficient (Wildman–Crippen LogP) is 5.15. The molecule has 1 amide bonds. The van der Waals surface area contributed by atoms with E-state index >= 15 is 0 Å². The molecule has 0 aliphatic heterocycles. The molecule has 2 nitrogen and oxygen atoms in total. The molecule has 2 aromatic rings. The van der Waals surface area contributed by atoms with Gasteiger partial charge in [0.05, 0.1) is 10.1 Å². The lowest BCUT2D eigenvalue weighted by molar-refractivity contribution is -0.115. The highest BCUT2D eigenvalue weighted by atomic mass is 35.5. The lowest BCUT2D eigenvalue weighted by atomic mass is 10.3. The van der Waals surface area contributed by atoms with Crippen molar-refractivity contribution in [2.45, 2.75) is 17.1 Å². The molecule has 0 heterocycles. The van der Waals surface area contributed by atoms with Crippen LogP contribution in [-0.2, 0) is 4.79 Å². The third-order valence-electron chi connectivity index (χ3n) is 2.95. The molecule has 24 heavy (non-hydrogen) atoms. The molecule has 9 heteroatoms. The molecule has 0 fully saturated rings. The number of anilines is 1. The second-order valence-corrected chi connectivity index (χ2v) is 6.44. The minimum atomic E-state index is -2.24. The highest BCUT2D eigenvalue weighted by Gasteiger charge is 2.28. The van der Waals surface area contributed by atoms with Gasteiger partial charge in [-0.2, -0.15) is 0 Å². The van der Waals surface area contributed by atoms with Crippen LogP contribution in [0.2, 0.25) is 5.02 Å². The Morgan fingerprint density at radius 2 is 1.42 bits per heavy atom. The molecule has 0 unspecified atom stereocenters. The summed E-state index contributed by atoms with van der Waals surface area (Å²) in [6, 6.07) is 6.02. The van der Waals surface area contributed by atoms with Gasteiger partial charge in [-0.05, 0) is 31.2 Å². The quantitative estimate of drug-likeness (QED) is 0.343. The lowest BCUT2D eigenvalue weighted by Gasteiger charge is -2.14. The first-order valence-electron chi connectivity index (χ1n) is 6.47. The Hall–Kier alpha value is -1.80. The van der Waals surface area contributed by atoms with E-state index in [1.165, 1.54) is 31.2 Å². The Labute approximate surface area is 143 Å². The van der Waals surface area contributed by atoms with Gasteiger partial charge in [-0.25, -0.2) is 22.0 Å². The highest BCUT2D eigenvalue weighted by molar-refractivity contribution is 8.00. The van der Waals surface area contributed by atoms with E-state index in [2.05, 4.69) is 5.32 Å². The smallest absolute Gasteiger partial charge is 0.237 e. The average Bonchev–Trinajstić information content (AvgIpc) is 2.57. The maximum Gasteiger partial charge on any atom is 0.237 e. The molecule has 0 saturated heterocycles. The van der Waals surface area contributed by atoms with Crippen molar-refractivity contribution in [1.29, 1.82) is 0 Å². The molecule has 0 radical (unpaired) electrons. The van der Waals surface area contributed by atoms with Crippen LogP contribution in [-0.4, -0.2) is 11.2 Å². The topological polar surface area (TPSA) is 29.1 Å². The summed E-state index contributed by atoms with van der Waals surface area (Å²) in [5.74, 6) is -11.0. The maximum absolute atomic E-state index is 13.6. The Kier molecular flexibility index (Phi) is 5.71. The van der Waals surface area contributed by atoms with Crippen LogP contribution < -0.4 is 5.32 Å². The van der Waals surface area contributed by atoms with Gasteiger partial charge in [-0.3, -0.25) is 4.79 Å². The van der Waals surface area contributed by atoms with E-state index < -0.39 is 45.1 Å². The van der Waals surface area contributed by atoms with Crippen molar-refractivity contribution in [3.63, 3.8) is 0 Å². The number of hydrogen-bond donors (Lipinski definition) is 1. The largest absolute Gasteiger partial charge is 0.325 e. The molecule has 1 atom stereocenters. The van der Waals surface area contributed by atoms with Crippen LogP contribution >= 0.6 is 23.4 Å². The normalized spacial score (nSPS) is 12.1. The van der Waals surface area contributed by atoms with Crippen LogP contribution in [0.5, 0.6) is 0 Å². The minimum absolute atomic E-state index is 0.230. The minimum Gasteiger partial charge on any atom is -0.325 e. The Morgan fingerprint density at radius 3 is 1.92 bits per heavy atom. The van der Waals surface area contributed by atoms with Gasteiger partial charge in [0.15, 0.2) is 23.3 Å². The number of carbonyl (C=O) groups is 1. The van der Waals surface area contributed by atoms with Crippen molar-refractivity contribution in [2.24, 2.45) is 0 Å². The zero-order chi connectivity index (χ0) is 18.0. The third-order valence-corrected chi connectivity index (χ3v) is 4.36. The number of thioether (sulfide) groups is 1. The molecule has 2 rings (SSSR count). The Balaban J connectivity index is 2.19. The fraction of sp³-hybridized carbons (Fsp3) is 0.133. The van der Waals surface area contributed by atoms with Crippen LogP contribution in [0.25, 0.3) is 0 Å². The molecular weight excluding hydrogens is 373 g/mol. The van der Waals surface area contributed by atoms with Crippen LogP contribution in [0, 0.1) is 29.1 Å². The number of hydrogen-bond acceptors (Lipinski definition) is 2. The van der Waals surface area contributed by atoms with E-state index in [1.807, 2.05) is 0 Å². The summed E-state index contributed by atoms with van der Waals surface area (Å²) in [6.07, 6.45) is 0. The van der Waals surface area contributed by atoms with Crippen molar-refractivity contribution in [1.82, 2.24) is 0 Å². The number of rotatable bonds is 4. The molecule has 0 aliphatic carbocycles. The van der Waals surface area contributed by atoms with Crippen molar-refractivity contribution in [2.75, 3.05) is 5.32 Å². The van der Waals surface area contributed by atoms with Crippen LogP contribution in [0.15, 0.2) is 29.2 Å². The van der Waals surface area contributed by atoms with Gasteiger partial charge in [0.2, 0.25) is 11.7 Å². The standard InChI is InChI=1S/C15H9ClF5NOS/c1-6(15(23)22-8-4-2-7(16)3-5-8)24-14-12(20)10(18)9(17)11(19)13(14)21/h2-6H,1H3,(H,22,23)/t6-/m1/s1. The van der Waals surface area contributed by atoms with E-state index in [0.717, 1.165) is 0 Å². The first-order chi connectivity index (χ1) is 11.2. The number of carbonyl (C=O) groups excluding carboxylic acids is 1. The second kappa shape index (κ2) is 7.40. The predicted molar refractivity (Wildman–Crippen MR) is 81.6 cm³/mol. The van der Waals surface area contributed by atoms with Gasteiger partial charge >= 0.3 is 0 Å². The summed E-state index contributed by atoms with van der Waals surface area (Å²) >= 11 is 5.92. The number of halogens is 6. The highest BCUT2D eigenvalue weighted by Crippen LogP contribution is 2.33. The van der Waals surface area contributed by atoms with E-state index in [1.54, 1.807) is 0 Å². The molecule has 0 spiro atoms. The summed E-state index contributed by atoms with van der Waals surface area (Å²) in [5, 5.41) is 1.77. The summed E-state index contributed by atoms with van der Waals surface area (Å²) in [6.45, 7) is 1.27. The monoisotopic (exact) mass is 381 g/mol. The molecule has 2 aromatic carbocycles. The van der Waals surface area contributed by atoms with Crippen molar-refractivity contribution in [3.8, 4) is 0 Å². The summed E-state index contributed by atoms with van der Waals surface area (Å²) < 4.78 is 66.5. The molecule has 0 aromatic heterocycles. The van der Waals surface area contributed by atoms with Crippen molar-refractivity contribution >= 4 is 35.0 Å². The van der Waals surface area contributed by atoms with Gasteiger partial charge in [-0.1, -0.05) is 11.6 Å². The average molecular weight is 382 g/mol. The second-order valence-electron chi connectivity index (χ2n) is 4.66. The molecule has 1 N–H and O–H groups in total. The summed E-state index contributed by atoms with van der Waals surface area (Å²) in [7, 11) is 0. The third kappa shape index (κ3) is 3.81. The van der Waals surface area contributed by atoms with Gasteiger partial charge in [0.1, 0.15) is 0 Å². The molecule has 0 aliphatic rings. The van der Waals surface area contributed by atoms with Crippen LogP contribution in [0.4, 0.5) is 27.6 Å². The maximum atomic E-state index is 13.6. The zero-order valence-electron chi connectivity index (χ0n) is 12.0. The van der Waals surface area contributed by atoms with E-state index in [-0.39, 0.29) is 11.8 Å². The first-order valence-corrected chi connectivity index (χ1v) is 7.72. The fourth-order valence-corrected chi connectivity index (χ4v) is 2.73. The summed E-state index contributed by atoms with van der Waals surface area (Å²) in [4.78, 5) is 10.9. The lowest BCUT2D eigenvalue weighted by Crippen LogP contribution is -2.23. The Bertz CT molecular complexity index is 755. The number of benzene rings is 2. The van der Waals surface area contributed by atoms with Gasteiger partial charge in [0, 0.05) is 10.7 Å². The molecule has 128 valence electrons. The zero-order valence-corrected chi connectivity index (χ0v) is 13.5. The van der Waals surface area contributed by atoms with E-state index in [0.29, 0.717) is 10.7 Å². The molecule has 0 bridgehead atoms. The summed E-state index contributed by atoms with van der Waals surface area (Å²) in [5.41, 5.74) is 0.370. The first kappa shape index (κ1) is 18.5. The van der Waals surface area contributed by atoms with Gasteiger partial charge in [-0.15, -0.1) is 11.8 Å². The Morgan fingerprint density at radius 1 is 0.958 bits per heavy atom. The van der Waals surface area contributed by atoms with Gasteiger partial charge < -0.3 is 5.32 Å². The molecule has 0 saturated carbocycles. The van der Waals surface area contributed by atoms with E-state index in [9.17, 15) is 26.7 Å². The fourth-order valence-electron chi connectivity index (χ4n) is 1.70. The number of nitrogens with one attached hydrogen (secondary N) is 1. The van der Waals surface area contributed by atoms with Crippen molar-refractivity contribution in [3.05, 3.63) is 58.4 Å². The van der Waals surface area contributed by atoms with Crippen molar-refractivity contribution < 1.29 is 26.7 Å².